The highest BCUT2D eigenvalue weighted by Crippen LogP contribution is 2.27. The van der Waals surface area contributed by atoms with Crippen LogP contribution in [0.15, 0.2) is 48.6 Å². The number of carboxylic acid groups (broad SMARTS) is 1. The molecular weight excluding hydrogens is 973 g/mol. The van der Waals surface area contributed by atoms with Gasteiger partial charge in [0.2, 0.25) is 0 Å². The van der Waals surface area contributed by atoms with E-state index in [1.165, 1.54) is 109 Å². The van der Waals surface area contributed by atoms with Gasteiger partial charge in [-0.15, -0.1) is 0 Å². The number of ether oxygens (including phenoxy) is 5. The van der Waals surface area contributed by atoms with Crippen molar-refractivity contribution in [3.05, 3.63) is 48.6 Å². The van der Waals surface area contributed by atoms with Gasteiger partial charge in [0.25, 0.3) is 0 Å². The number of aliphatic hydroxyl groups excluding tert-OH is 2. The first-order valence-corrected chi connectivity index (χ1v) is 31.6. The van der Waals surface area contributed by atoms with Crippen molar-refractivity contribution in [2.75, 3.05) is 13.2 Å². The van der Waals surface area contributed by atoms with Gasteiger partial charge in [-0.05, 0) is 77.0 Å². The molecule has 0 spiro atoms. The van der Waals surface area contributed by atoms with Crippen molar-refractivity contribution in [2.45, 2.75) is 327 Å². The lowest BCUT2D eigenvalue weighted by Gasteiger charge is -2.40. The van der Waals surface area contributed by atoms with Gasteiger partial charge < -0.3 is 39.0 Å². The predicted octanol–water partition coefficient (Wildman–Crippen LogP) is 16.6. The molecule has 77 heavy (non-hydrogen) atoms. The first-order valence-electron chi connectivity index (χ1n) is 31.6. The van der Waals surface area contributed by atoms with Crippen LogP contribution in [0.5, 0.6) is 0 Å². The van der Waals surface area contributed by atoms with E-state index in [2.05, 4.69) is 69.4 Å². The van der Waals surface area contributed by atoms with Crippen LogP contribution in [0.2, 0.25) is 0 Å². The van der Waals surface area contributed by atoms with Crippen LogP contribution in [0.3, 0.4) is 0 Å². The summed E-state index contributed by atoms with van der Waals surface area (Å²) in [4.78, 5) is 51.2. The van der Waals surface area contributed by atoms with E-state index >= 15 is 0 Å². The van der Waals surface area contributed by atoms with E-state index in [4.69, 9.17) is 23.7 Å². The third kappa shape index (κ3) is 43.2. The smallest absolute Gasteiger partial charge is 0.335 e. The number of carbonyl (C=O) groups is 4. The van der Waals surface area contributed by atoms with Crippen LogP contribution in [0.25, 0.3) is 0 Å². The molecule has 0 aliphatic carbocycles. The SMILES string of the molecule is CCC/C=C\C/C=C\CCCCCCCC(=O)OC(COC(=O)CCCCCCC/C=C\C/C=C\CCCCC)COC1OC(C(=O)O)C(O)C(O)C1OC(=O)CCCCCCCCCCCCCCCCCCCCC. The minimum atomic E-state index is -1.90. The number of unbranched alkanes of at least 4 members (excludes halogenated alkanes) is 32. The zero-order valence-electron chi connectivity index (χ0n) is 49.2. The number of hydrogen-bond donors (Lipinski definition) is 3. The van der Waals surface area contributed by atoms with Crippen molar-refractivity contribution in [2.24, 2.45) is 0 Å². The van der Waals surface area contributed by atoms with E-state index in [1.807, 2.05) is 0 Å². The van der Waals surface area contributed by atoms with Crippen LogP contribution in [-0.2, 0) is 42.9 Å². The molecule has 1 aliphatic heterocycles. The molecule has 1 saturated heterocycles. The van der Waals surface area contributed by atoms with Crippen molar-refractivity contribution < 1.29 is 58.2 Å². The summed E-state index contributed by atoms with van der Waals surface area (Å²) in [7, 11) is 0. The number of carbonyl (C=O) groups excluding carboxylic acids is 3. The Bertz CT molecular complexity index is 1520. The molecule has 0 radical (unpaired) electrons. The number of aliphatic hydroxyl groups is 2. The number of carboxylic acids is 1. The standard InChI is InChI=1S/C65H114O12/c1-4-7-10-13-16-19-22-25-27-28-29-30-32-35-38-41-44-47-50-53-59(68)76-63-61(70)60(69)62(64(71)72)77-65(63)74-55-56(75-58(67)52-49-46-43-40-37-33-24-21-18-15-12-9-6-3)54-73-57(66)51-48-45-42-39-36-34-31-26-23-20-17-14-11-8-5-2/h12,15,17,20-21,24,26,31,56,60-63,65,69-70H,4-11,13-14,16,18-19,22-23,25,27-30,32-55H2,1-3H3,(H,71,72)/b15-12-,20-17-,24-21-,31-26-. The summed E-state index contributed by atoms with van der Waals surface area (Å²) in [6, 6.07) is 0. The monoisotopic (exact) mass is 1090 g/mol. The summed E-state index contributed by atoms with van der Waals surface area (Å²) in [6.45, 7) is 5.91. The molecule has 0 bridgehead atoms. The third-order valence-corrected chi connectivity index (χ3v) is 14.4. The average Bonchev–Trinajstić information content (AvgIpc) is 3.42. The van der Waals surface area contributed by atoms with Gasteiger partial charge in [-0.1, -0.05) is 243 Å². The summed E-state index contributed by atoms with van der Waals surface area (Å²) in [5.41, 5.74) is 0. The minimum Gasteiger partial charge on any atom is -0.479 e. The lowest BCUT2D eigenvalue weighted by atomic mass is 9.98. The van der Waals surface area contributed by atoms with Crippen molar-refractivity contribution in [1.29, 1.82) is 0 Å². The third-order valence-electron chi connectivity index (χ3n) is 14.4. The Morgan fingerprint density at radius 3 is 1.25 bits per heavy atom. The fraction of sp³-hybridized carbons (Fsp3) is 0.815. The van der Waals surface area contributed by atoms with Gasteiger partial charge in [0, 0.05) is 19.3 Å². The molecule has 0 amide bonds. The van der Waals surface area contributed by atoms with Crippen LogP contribution >= 0.6 is 0 Å². The Hall–Kier alpha value is -3.32. The summed E-state index contributed by atoms with van der Waals surface area (Å²) < 4.78 is 28.5. The van der Waals surface area contributed by atoms with Crippen molar-refractivity contribution in [3.63, 3.8) is 0 Å². The van der Waals surface area contributed by atoms with Crippen molar-refractivity contribution in [3.8, 4) is 0 Å². The number of esters is 3. The van der Waals surface area contributed by atoms with Crippen LogP contribution in [0.4, 0.5) is 0 Å². The van der Waals surface area contributed by atoms with Gasteiger partial charge in [0.1, 0.15) is 18.8 Å². The second-order valence-corrected chi connectivity index (χ2v) is 21.7. The Balaban J connectivity index is 2.65. The maximum atomic E-state index is 13.1. The van der Waals surface area contributed by atoms with Gasteiger partial charge >= 0.3 is 23.9 Å². The highest BCUT2D eigenvalue weighted by Gasteiger charge is 2.50. The molecular formula is C65H114O12. The molecule has 0 aromatic carbocycles. The number of allylic oxidation sites excluding steroid dienone is 8. The molecule has 446 valence electrons. The van der Waals surface area contributed by atoms with Gasteiger partial charge in [0.05, 0.1) is 6.61 Å². The maximum absolute atomic E-state index is 13.1. The van der Waals surface area contributed by atoms with E-state index in [0.29, 0.717) is 19.3 Å². The number of hydrogen-bond acceptors (Lipinski definition) is 11. The summed E-state index contributed by atoms with van der Waals surface area (Å²) in [6.07, 6.45) is 52.2. The van der Waals surface area contributed by atoms with Crippen molar-refractivity contribution >= 4 is 23.9 Å². The van der Waals surface area contributed by atoms with Crippen LogP contribution in [-0.4, -0.2) is 89.2 Å². The lowest BCUT2D eigenvalue weighted by molar-refractivity contribution is -0.301. The molecule has 6 unspecified atom stereocenters. The number of aliphatic carboxylic acids is 1. The minimum absolute atomic E-state index is 0.0617. The molecule has 0 aromatic rings. The van der Waals surface area contributed by atoms with Crippen LogP contribution in [0.1, 0.15) is 290 Å². The second kappa shape index (κ2) is 53.3. The second-order valence-electron chi connectivity index (χ2n) is 21.7. The summed E-state index contributed by atoms with van der Waals surface area (Å²) in [5, 5.41) is 31.5. The molecule has 1 fully saturated rings. The van der Waals surface area contributed by atoms with E-state index in [-0.39, 0.29) is 25.9 Å². The summed E-state index contributed by atoms with van der Waals surface area (Å²) in [5.74, 6) is -3.13. The fourth-order valence-electron chi connectivity index (χ4n) is 9.50. The van der Waals surface area contributed by atoms with Gasteiger partial charge in [-0.25, -0.2) is 4.79 Å². The average molecular weight is 1090 g/mol. The van der Waals surface area contributed by atoms with Gasteiger partial charge in [-0.3, -0.25) is 14.4 Å². The van der Waals surface area contributed by atoms with Gasteiger partial charge in [-0.2, -0.15) is 0 Å². The molecule has 12 nitrogen and oxygen atoms in total. The van der Waals surface area contributed by atoms with Crippen LogP contribution < -0.4 is 0 Å². The molecule has 0 saturated carbocycles. The van der Waals surface area contributed by atoms with E-state index in [0.717, 1.165) is 122 Å². The fourth-order valence-corrected chi connectivity index (χ4v) is 9.50. The maximum Gasteiger partial charge on any atom is 0.335 e. The molecule has 0 aromatic heterocycles. The van der Waals surface area contributed by atoms with Crippen molar-refractivity contribution in [1.82, 2.24) is 0 Å². The lowest BCUT2D eigenvalue weighted by Crippen LogP contribution is -2.61. The Kier molecular flexibility index (Phi) is 49.7. The molecule has 12 heteroatoms. The molecule has 1 heterocycles. The highest BCUT2D eigenvalue weighted by molar-refractivity contribution is 5.74. The Morgan fingerprint density at radius 2 is 0.805 bits per heavy atom. The summed E-state index contributed by atoms with van der Waals surface area (Å²) >= 11 is 0. The van der Waals surface area contributed by atoms with E-state index in [9.17, 15) is 34.5 Å². The predicted molar refractivity (Wildman–Crippen MR) is 312 cm³/mol. The molecule has 1 rings (SSSR count). The van der Waals surface area contributed by atoms with E-state index < -0.39 is 67.3 Å². The quantitative estimate of drug-likeness (QED) is 0.0228. The highest BCUT2D eigenvalue weighted by atomic mass is 16.7. The Labute approximate surface area is 469 Å². The largest absolute Gasteiger partial charge is 0.479 e. The van der Waals surface area contributed by atoms with Crippen LogP contribution in [0, 0.1) is 0 Å². The zero-order valence-corrected chi connectivity index (χ0v) is 49.2. The molecule has 1 aliphatic rings. The molecule has 6 atom stereocenters. The Morgan fingerprint density at radius 1 is 0.429 bits per heavy atom. The first kappa shape index (κ1) is 71.7. The topological polar surface area (TPSA) is 175 Å². The normalized spacial score (nSPS) is 18.3. The first-order chi connectivity index (χ1) is 37.6. The zero-order chi connectivity index (χ0) is 56.1. The van der Waals surface area contributed by atoms with Gasteiger partial charge in [0.15, 0.2) is 24.6 Å². The molecule has 3 N–H and O–H groups in total. The number of rotatable bonds is 54. The van der Waals surface area contributed by atoms with E-state index in [1.54, 1.807) is 0 Å².